The number of aryl methyl sites for hydroxylation is 1. The monoisotopic (exact) mass is 461 g/mol. The number of non-ortho nitro benzene ring substituents is 1. The summed E-state index contributed by atoms with van der Waals surface area (Å²) in [5.41, 5.74) is 1.13. The minimum Gasteiger partial charge on any atom is -0.493 e. The van der Waals surface area contributed by atoms with Crippen molar-refractivity contribution >= 4 is 22.6 Å². The van der Waals surface area contributed by atoms with E-state index in [9.17, 15) is 19.7 Å². The van der Waals surface area contributed by atoms with Crippen molar-refractivity contribution in [2.75, 3.05) is 14.2 Å². The Morgan fingerprint density at radius 2 is 1.74 bits per heavy atom. The van der Waals surface area contributed by atoms with Gasteiger partial charge in [-0.3, -0.25) is 10.1 Å². The molecule has 0 spiro atoms. The fraction of sp³-hybridized carbons (Fsp3) is 0.120. The van der Waals surface area contributed by atoms with Crippen LogP contribution in [0.3, 0.4) is 0 Å². The lowest BCUT2D eigenvalue weighted by atomic mass is 9.99. The third-order valence-corrected chi connectivity index (χ3v) is 5.31. The number of nitro benzene ring substituents is 1. The number of ether oxygens (including phenoxy) is 3. The third kappa shape index (κ3) is 4.18. The maximum absolute atomic E-state index is 12.8. The van der Waals surface area contributed by atoms with E-state index in [1.807, 2.05) is 0 Å². The average Bonchev–Trinajstić information content (AvgIpc) is 2.84. The lowest BCUT2D eigenvalue weighted by Gasteiger charge is -2.12. The molecule has 4 rings (SSSR count). The Morgan fingerprint density at radius 1 is 0.971 bits per heavy atom. The number of hydrogen-bond acceptors (Lipinski definition) is 8. The Kier molecular flexibility index (Phi) is 6.01. The van der Waals surface area contributed by atoms with Crippen molar-refractivity contribution in [3.63, 3.8) is 0 Å². The molecule has 0 saturated heterocycles. The second-order valence-corrected chi connectivity index (χ2v) is 7.31. The second kappa shape index (κ2) is 9.07. The number of esters is 1. The van der Waals surface area contributed by atoms with Gasteiger partial charge in [0.25, 0.3) is 5.69 Å². The first-order valence-corrected chi connectivity index (χ1v) is 10.1. The molecule has 1 heterocycles. The standard InChI is InChI=1S/C25H19NO8/c1-14-19-13-18(33-24(27)16-5-4-6-17(11-16)26(29)30)8-10-20(19)34-25(28)23(14)15-7-9-21(31-2)22(12-15)32-3/h4-13H,1-3H3. The van der Waals surface area contributed by atoms with Crippen molar-refractivity contribution in [2.24, 2.45) is 0 Å². The maximum atomic E-state index is 12.8. The third-order valence-electron chi connectivity index (χ3n) is 5.31. The molecule has 0 aliphatic heterocycles. The zero-order valence-electron chi connectivity index (χ0n) is 18.5. The van der Waals surface area contributed by atoms with Crippen LogP contribution in [-0.2, 0) is 0 Å². The van der Waals surface area contributed by atoms with E-state index in [1.54, 1.807) is 31.2 Å². The van der Waals surface area contributed by atoms with E-state index in [0.29, 0.717) is 39.2 Å². The predicted molar refractivity (Wildman–Crippen MR) is 124 cm³/mol. The Morgan fingerprint density at radius 3 is 2.44 bits per heavy atom. The number of carbonyl (C=O) groups excluding carboxylic acids is 1. The summed E-state index contributed by atoms with van der Waals surface area (Å²) in [6.45, 7) is 1.76. The molecule has 0 bridgehead atoms. The Bertz CT molecular complexity index is 1490. The Balaban J connectivity index is 1.74. The van der Waals surface area contributed by atoms with Crippen molar-refractivity contribution in [2.45, 2.75) is 6.92 Å². The zero-order valence-corrected chi connectivity index (χ0v) is 18.5. The SMILES string of the molecule is COc1ccc(-c2c(C)c3cc(OC(=O)c4cccc([N+](=O)[O-])c4)ccc3oc2=O)cc1OC. The first-order chi connectivity index (χ1) is 16.3. The van der Waals surface area contributed by atoms with Crippen LogP contribution in [0.4, 0.5) is 5.69 Å². The number of carbonyl (C=O) groups is 1. The molecule has 0 amide bonds. The molecule has 0 fully saturated rings. The Hall–Kier alpha value is -4.66. The van der Waals surface area contributed by atoms with Crippen LogP contribution in [0.2, 0.25) is 0 Å². The minimum absolute atomic E-state index is 0.0385. The van der Waals surface area contributed by atoms with Crippen LogP contribution >= 0.6 is 0 Å². The highest BCUT2D eigenvalue weighted by Crippen LogP contribution is 2.34. The number of benzene rings is 3. The van der Waals surface area contributed by atoms with Gasteiger partial charge in [0, 0.05) is 17.5 Å². The number of nitro groups is 1. The zero-order chi connectivity index (χ0) is 24.4. The fourth-order valence-electron chi connectivity index (χ4n) is 3.63. The van der Waals surface area contributed by atoms with Crippen molar-refractivity contribution in [1.29, 1.82) is 0 Å². The van der Waals surface area contributed by atoms with Gasteiger partial charge in [-0.2, -0.15) is 0 Å². The van der Waals surface area contributed by atoms with Crippen LogP contribution in [0.5, 0.6) is 17.2 Å². The van der Waals surface area contributed by atoms with E-state index in [4.69, 9.17) is 18.6 Å². The van der Waals surface area contributed by atoms with Gasteiger partial charge in [-0.15, -0.1) is 0 Å². The van der Waals surface area contributed by atoms with E-state index in [0.717, 1.165) is 6.07 Å². The molecule has 172 valence electrons. The average molecular weight is 461 g/mol. The molecule has 0 aliphatic carbocycles. The lowest BCUT2D eigenvalue weighted by molar-refractivity contribution is -0.384. The number of nitrogens with zero attached hydrogens (tertiary/aromatic N) is 1. The molecule has 0 aliphatic rings. The van der Waals surface area contributed by atoms with Gasteiger partial charge in [0.2, 0.25) is 0 Å². The molecule has 3 aromatic carbocycles. The van der Waals surface area contributed by atoms with Crippen molar-refractivity contribution in [1.82, 2.24) is 0 Å². The van der Waals surface area contributed by atoms with E-state index in [2.05, 4.69) is 0 Å². The van der Waals surface area contributed by atoms with Gasteiger partial charge in [0.1, 0.15) is 11.3 Å². The molecule has 0 atom stereocenters. The summed E-state index contributed by atoms with van der Waals surface area (Å²) in [7, 11) is 3.02. The first-order valence-electron chi connectivity index (χ1n) is 10.1. The van der Waals surface area contributed by atoms with E-state index < -0.39 is 16.5 Å². The van der Waals surface area contributed by atoms with Crippen LogP contribution in [-0.4, -0.2) is 25.1 Å². The summed E-state index contributed by atoms with van der Waals surface area (Å²) in [6, 6.07) is 14.9. The van der Waals surface area contributed by atoms with Crippen molar-refractivity contribution in [3.05, 3.63) is 92.3 Å². The molecule has 0 unspecified atom stereocenters. The number of methoxy groups -OCH3 is 2. The highest BCUT2D eigenvalue weighted by molar-refractivity contribution is 5.93. The summed E-state index contributed by atoms with van der Waals surface area (Å²) in [5.74, 6) is 0.417. The summed E-state index contributed by atoms with van der Waals surface area (Å²) >= 11 is 0. The smallest absolute Gasteiger partial charge is 0.344 e. The van der Waals surface area contributed by atoms with Gasteiger partial charge in [0.05, 0.1) is 30.3 Å². The molecular weight excluding hydrogens is 442 g/mol. The fourth-order valence-corrected chi connectivity index (χ4v) is 3.63. The molecule has 0 radical (unpaired) electrons. The van der Waals surface area contributed by atoms with Crippen LogP contribution < -0.4 is 19.8 Å². The lowest BCUT2D eigenvalue weighted by Crippen LogP contribution is -2.09. The van der Waals surface area contributed by atoms with E-state index in [1.165, 1.54) is 44.6 Å². The topological polar surface area (TPSA) is 118 Å². The summed E-state index contributed by atoms with van der Waals surface area (Å²) in [6.07, 6.45) is 0. The minimum atomic E-state index is -0.752. The van der Waals surface area contributed by atoms with Gasteiger partial charge >= 0.3 is 11.6 Å². The van der Waals surface area contributed by atoms with Crippen LogP contribution in [0.25, 0.3) is 22.1 Å². The van der Waals surface area contributed by atoms with Crippen LogP contribution in [0.15, 0.2) is 69.9 Å². The quantitative estimate of drug-likeness (QED) is 0.131. The maximum Gasteiger partial charge on any atom is 0.344 e. The number of hydrogen-bond donors (Lipinski definition) is 0. The first kappa shape index (κ1) is 22.5. The second-order valence-electron chi connectivity index (χ2n) is 7.31. The van der Waals surface area contributed by atoms with E-state index in [-0.39, 0.29) is 17.0 Å². The molecular formula is C25H19NO8. The normalized spacial score (nSPS) is 10.7. The molecule has 1 aromatic heterocycles. The van der Waals surface area contributed by atoms with Gasteiger partial charge in [0.15, 0.2) is 11.5 Å². The van der Waals surface area contributed by atoms with Crippen LogP contribution in [0, 0.1) is 17.0 Å². The molecule has 4 aromatic rings. The highest BCUT2D eigenvalue weighted by atomic mass is 16.6. The van der Waals surface area contributed by atoms with Gasteiger partial charge in [-0.1, -0.05) is 12.1 Å². The summed E-state index contributed by atoms with van der Waals surface area (Å²) < 4.78 is 21.5. The summed E-state index contributed by atoms with van der Waals surface area (Å²) in [4.78, 5) is 35.7. The Labute approximate surface area is 193 Å². The number of rotatable bonds is 6. The molecule has 0 saturated carbocycles. The van der Waals surface area contributed by atoms with Gasteiger partial charge in [-0.25, -0.2) is 9.59 Å². The van der Waals surface area contributed by atoms with Gasteiger partial charge < -0.3 is 18.6 Å². The summed E-state index contributed by atoms with van der Waals surface area (Å²) in [5, 5.41) is 11.5. The van der Waals surface area contributed by atoms with Crippen molar-refractivity contribution < 1.29 is 28.3 Å². The van der Waals surface area contributed by atoms with Crippen molar-refractivity contribution in [3.8, 4) is 28.4 Å². The van der Waals surface area contributed by atoms with Crippen LogP contribution in [0.1, 0.15) is 15.9 Å². The van der Waals surface area contributed by atoms with E-state index >= 15 is 0 Å². The highest BCUT2D eigenvalue weighted by Gasteiger charge is 2.18. The predicted octanol–water partition coefficient (Wildman–Crippen LogP) is 4.91. The molecule has 9 heteroatoms. The largest absolute Gasteiger partial charge is 0.493 e. The molecule has 0 N–H and O–H groups in total. The van der Waals surface area contributed by atoms with Gasteiger partial charge in [-0.05, 0) is 54.4 Å². The molecule has 9 nitrogen and oxygen atoms in total. The number of fused-ring (bicyclic) bond motifs is 1. The molecule has 34 heavy (non-hydrogen) atoms.